The third-order valence-corrected chi connectivity index (χ3v) is 3.90. The van der Waals surface area contributed by atoms with Gasteiger partial charge in [0.05, 0.1) is 11.4 Å². The molecule has 0 saturated carbocycles. The van der Waals surface area contributed by atoms with Crippen molar-refractivity contribution in [3.8, 4) is 5.69 Å². The van der Waals surface area contributed by atoms with E-state index in [0.29, 0.717) is 6.54 Å². The number of urea groups is 1. The van der Waals surface area contributed by atoms with E-state index in [9.17, 15) is 4.79 Å². The largest absolute Gasteiger partial charge is 0.334 e. The second-order valence-corrected chi connectivity index (χ2v) is 5.57. The van der Waals surface area contributed by atoms with Crippen molar-refractivity contribution in [1.82, 2.24) is 15.1 Å². The lowest BCUT2D eigenvalue weighted by molar-refractivity contribution is 0.251. The van der Waals surface area contributed by atoms with Gasteiger partial charge >= 0.3 is 6.03 Å². The van der Waals surface area contributed by atoms with Gasteiger partial charge in [0.1, 0.15) is 0 Å². The number of aromatic nitrogens is 2. The minimum absolute atomic E-state index is 0.229. The number of rotatable bonds is 4. The lowest BCUT2D eigenvalue weighted by Gasteiger charge is -2.08. The van der Waals surface area contributed by atoms with Gasteiger partial charge in [-0.05, 0) is 38.1 Å². The molecule has 2 amide bonds. The molecule has 24 heavy (non-hydrogen) atoms. The first-order chi connectivity index (χ1) is 11.6. The maximum absolute atomic E-state index is 12.0. The molecule has 0 radical (unpaired) electrons. The van der Waals surface area contributed by atoms with Gasteiger partial charge in [-0.25, -0.2) is 9.48 Å². The molecule has 5 nitrogen and oxygen atoms in total. The highest BCUT2D eigenvalue weighted by molar-refractivity contribution is 5.89. The molecule has 0 aliphatic carbocycles. The van der Waals surface area contributed by atoms with E-state index >= 15 is 0 Å². The van der Waals surface area contributed by atoms with Crippen LogP contribution in [0.15, 0.2) is 60.7 Å². The summed E-state index contributed by atoms with van der Waals surface area (Å²) >= 11 is 0. The van der Waals surface area contributed by atoms with Crippen molar-refractivity contribution in [2.45, 2.75) is 20.4 Å². The average Bonchev–Trinajstić information content (AvgIpc) is 2.89. The van der Waals surface area contributed by atoms with Gasteiger partial charge in [-0.15, -0.1) is 0 Å². The maximum atomic E-state index is 12.0. The lowest BCUT2D eigenvalue weighted by atomic mass is 10.2. The highest BCUT2D eigenvalue weighted by Gasteiger charge is 2.13. The first-order valence-corrected chi connectivity index (χ1v) is 7.85. The normalized spacial score (nSPS) is 10.4. The second-order valence-electron chi connectivity index (χ2n) is 5.57. The summed E-state index contributed by atoms with van der Waals surface area (Å²) < 4.78 is 1.90. The first kappa shape index (κ1) is 15.8. The van der Waals surface area contributed by atoms with Crippen LogP contribution in [0.4, 0.5) is 10.5 Å². The van der Waals surface area contributed by atoms with Crippen LogP contribution in [0, 0.1) is 13.8 Å². The van der Waals surface area contributed by atoms with E-state index in [1.54, 1.807) is 0 Å². The lowest BCUT2D eigenvalue weighted by Crippen LogP contribution is -2.28. The van der Waals surface area contributed by atoms with Crippen molar-refractivity contribution < 1.29 is 4.79 Å². The van der Waals surface area contributed by atoms with Crippen LogP contribution in [0.25, 0.3) is 5.69 Å². The Morgan fingerprint density at radius 1 is 1.00 bits per heavy atom. The summed E-state index contributed by atoms with van der Waals surface area (Å²) in [6, 6.07) is 19.1. The second kappa shape index (κ2) is 7.00. The molecule has 0 atom stereocenters. The molecule has 1 aromatic heterocycles. The molecule has 0 bridgehead atoms. The zero-order valence-corrected chi connectivity index (χ0v) is 13.8. The number of anilines is 1. The number of nitrogens with zero attached hydrogens (tertiary/aromatic N) is 2. The summed E-state index contributed by atoms with van der Waals surface area (Å²) in [6.07, 6.45) is 0. The molecule has 2 N–H and O–H groups in total. The molecule has 0 aliphatic rings. The number of amides is 2. The Bertz CT molecular complexity index is 825. The van der Waals surface area contributed by atoms with Gasteiger partial charge in [0.25, 0.3) is 0 Å². The van der Waals surface area contributed by atoms with Gasteiger partial charge in [0.2, 0.25) is 0 Å². The highest BCUT2D eigenvalue weighted by atomic mass is 16.2. The molecule has 0 unspecified atom stereocenters. The van der Waals surface area contributed by atoms with E-state index in [4.69, 9.17) is 0 Å². The van der Waals surface area contributed by atoms with Gasteiger partial charge in [-0.3, -0.25) is 0 Å². The third-order valence-electron chi connectivity index (χ3n) is 3.90. The Hall–Kier alpha value is -3.08. The summed E-state index contributed by atoms with van der Waals surface area (Å²) in [4.78, 5) is 12.0. The van der Waals surface area contributed by atoms with Crippen molar-refractivity contribution in [2.75, 3.05) is 5.32 Å². The molecule has 0 spiro atoms. The summed E-state index contributed by atoms with van der Waals surface area (Å²) in [5.41, 5.74) is 4.75. The zero-order chi connectivity index (χ0) is 16.9. The fourth-order valence-corrected chi connectivity index (χ4v) is 2.62. The topological polar surface area (TPSA) is 59.0 Å². The fourth-order valence-electron chi connectivity index (χ4n) is 2.62. The van der Waals surface area contributed by atoms with Crippen LogP contribution in [0.1, 0.15) is 17.0 Å². The minimum Gasteiger partial charge on any atom is -0.334 e. The summed E-state index contributed by atoms with van der Waals surface area (Å²) in [7, 11) is 0. The Morgan fingerprint density at radius 3 is 2.29 bits per heavy atom. The van der Waals surface area contributed by atoms with E-state index in [1.807, 2.05) is 79.2 Å². The highest BCUT2D eigenvalue weighted by Crippen LogP contribution is 2.17. The van der Waals surface area contributed by atoms with E-state index in [0.717, 1.165) is 28.3 Å². The van der Waals surface area contributed by atoms with Gasteiger partial charge in [-0.2, -0.15) is 5.10 Å². The average molecular weight is 320 g/mol. The van der Waals surface area contributed by atoms with Crippen LogP contribution in [-0.2, 0) is 6.54 Å². The van der Waals surface area contributed by atoms with Crippen molar-refractivity contribution in [3.63, 3.8) is 0 Å². The standard InChI is InChI=1S/C19H20N4O/c1-14-18(13-20-19(24)21-16-9-5-3-6-10-16)15(2)23(22-14)17-11-7-4-8-12-17/h3-12H,13H2,1-2H3,(H2,20,21,24). The van der Waals surface area contributed by atoms with Gasteiger partial charge in [0.15, 0.2) is 0 Å². The van der Waals surface area contributed by atoms with Crippen LogP contribution >= 0.6 is 0 Å². The molecular formula is C19H20N4O. The monoisotopic (exact) mass is 320 g/mol. The smallest absolute Gasteiger partial charge is 0.319 e. The number of para-hydroxylation sites is 2. The van der Waals surface area contributed by atoms with Crippen molar-refractivity contribution >= 4 is 11.7 Å². The Balaban J connectivity index is 1.70. The molecule has 3 aromatic rings. The van der Waals surface area contributed by atoms with E-state index < -0.39 is 0 Å². The molecule has 0 aliphatic heterocycles. The number of carbonyl (C=O) groups excluding carboxylic acids is 1. The van der Waals surface area contributed by atoms with Gasteiger partial charge in [-0.1, -0.05) is 36.4 Å². The predicted octanol–water partition coefficient (Wildman–Crippen LogP) is 3.81. The molecule has 2 aromatic carbocycles. The zero-order valence-electron chi connectivity index (χ0n) is 13.8. The van der Waals surface area contributed by atoms with Gasteiger partial charge < -0.3 is 10.6 Å². The molecule has 1 heterocycles. The first-order valence-electron chi connectivity index (χ1n) is 7.85. The van der Waals surface area contributed by atoms with Crippen LogP contribution in [0.5, 0.6) is 0 Å². The number of hydrogen-bond acceptors (Lipinski definition) is 2. The molecular weight excluding hydrogens is 300 g/mol. The Labute approximate surface area is 141 Å². The minimum atomic E-state index is -0.229. The molecule has 0 saturated heterocycles. The van der Waals surface area contributed by atoms with Crippen LogP contribution in [0.2, 0.25) is 0 Å². The molecule has 122 valence electrons. The van der Waals surface area contributed by atoms with E-state index in [-0.39, 0.29) is 6.03 Å². The maximum Gasteiger partial charge on any atom is 0.319 e. The SMILES string of the molecule is Cc1nn(-c2ccccc2)c(C)c1CNC(=O)Nc1ccccc1. The number of carbonyl (C=O) groups is 1. The summed E-state index contributed by atoms with van der Waals surface area (Å²) in [5.74, 6) is 0. The van der Waals surface area contributed by atoms with Crippen molar-refractivity contribution in [3.05, 3.63) is 77.6 Å². The van der Waals surface area contributed by atoms with E-state index in [2.05, 4.69) is 15.7 Å². The Kier molecular flexibility index (Phi) is 4.61. The number of aryl methyl sites for hydroxylation is 1. The molecule has 0 fully saturated rings. The van der Waals surface area contributed by atoms with Crippen LogP contribution < -0.4 is 10.6 Å². The number of hydrogen-bond donors (Lipinski definition) is 2. The van der Waals surface area contributed by atoms with E-state index in [1.165, 1.54) is 0 Å². The number of benzene rings is 2. The predicted molar refractivity (Wildman–Crippen MR) is 95.3 cm³/mol. The van der Waals surface area contributed by atoms with Gasteiger partial charge in [0, 0.05) is 23.5 Å². The Morgan fingerprint density at radius 2 is 1.62 bits per heavy atom. The fraction of sp³-hybridized carbons (Fsp3) is 0.158. The van der Waals surface area contributed by atoms with Crippen LogP contribution in [-0.4, -0.2) is 15.8 Å². The third kappa shape index (κ3) is 3.46. The van der Waals surface area contributed by atoms with Crippen molar-refractivity contribution in [2.24, 2.45) is 0 Å². The number of nitrogens with one attached hydrogen (secondary N) is 2. The van der Waals surface area contributed by atoms with Crippen molar-refractivity contribution in [1.29, 1.82) is 0 Å². The summed E-state index contributed by atoms with van der Waals surface area (Å²) in [6.45, 7) is 4.40. The van der Waals surface area contributed by atoms with Crippen LogP contribution in [0.3, 0.4) is 0 Å². The molecule has 3 rings (SSSR count). The quantitative estimate of drug-likeness (QED) is 0.768. The molecule has 5 heteroatoms. The summed E-state index contributed by atoms with van der Waals surface area (Å²) in [5, 5.41) is 10.3.